The number of aryl methyl sites for hydroxylation is 1. The summed E-state index contributed by atoms with van der Waals surface area (Å²) in [6.07, 6.45) is 1.40. The van der Waals surface area contributed by atoms with E-state index in [1.807, 2.05) is 29.6 Å². The summed E-state index contributed by atoms with van der Waals surface area (Å²) in [6, 6.07) is 18.0. The Morgan fingerprint density at radius 3 is 2.43 bits per heavy atom. The highest BCUT2D eigenvalue weighted by atomic mass is 32.2. The third kappa shape index (κ3) is 6.25. The Morgan fingerprint density at radius 2 is 1.78 bits per heavy atom. The fourth-order valence-electron chi connectivity index (χ4n) is 3.64. The molecule has 37 heavy (non-hydrogen) atoms. The van der Waals surface area contributed by atoms with Gasteiger partial charge < -0.3 is 15.2 Å². The van der Waals surface area contributed by atoms with Gasteiger partial charge in [0.15, 0.2) is 5.13 Å². The summed E-state index contributed by atoms with van der Waals surface area (Å²) >= 11 is 2.75. The number of ether oxygens (including phenoxy) is 1. The van der Waals surface area contributed by atoms with Crippen molar-refractivity contribution < 1.29 is 14.2 Å². The van der Waals surface area contributed by atoms with E-state index >= 15 is 0 Å². The van der Waals surface area contributed by atoms with Crippen LogP contribution in [0.4, 0.5) is 15.2 Å². The molecule has 0 amide bonds. The number of rotatable bonds is 10. The van der Waals surface area contributed by atoms with E-state index in [-0.39, 0.29) is 23.9 Å². The number of nitriles is 2. The molecule has 186 valence electrons. The van der Waals surface area contributed by atoms with E-state index in [0.29, 0.717) is 39.0 Å². The quantitative estimate of drug-likeness (QED) is 0.237. The Morgan fingerprint density at radius 1 is 1.05 bits per heavy atom. The number of hydrogen-bond donors (Lipinski definition) is 2. The second-order valence-corrected chi connectivity index (χ2v) is 9.69. The predicted octanol–water partition coefficient (Wildman–Crippen LogP) is 6.06. The van der Waals surface area contributed by atoms with Gasteiger partial charge in [0, 0.05) is 29.0 Å². The molecule has 2 aromatic carbocycles. The van der Waals surface area contributed by atoms with E-state index in [1.165, 1.54) is 42.3 Å². The Kier molecular flexibility index (Phi) is 8.70. The topological polar surface area (TPSA) is 115 Å². The second kappa shape index (κ2) is 12.3. The number of aliphatic hydroxyl groups excluding tert-OH is 1. The highest BCUT2D eigenvalue weighted by Crippen LogP contribution is 2.38. The van der Waals surface area contributed by atoms with Crippen LogP contribution in [0.25, 0.3) is 11.1 Å². The van der Waals surface area contributed by atoms with Gasteiger partial charge in [0.05, 0.1) is 18.4 Å². The molecule has 2 aromatic heterocycles. The van der Waals surface area contributed by atoms with Crippen molar-refractivity contribution in [2.45, 2.75) is 23.6 Å². The minimum absolute atomic E-state index is 0.115. The van der Waals surface area contributed by atoms with Crippen molar-refractivity contribution in [3.8, 4) is 29.1 Å². The number of aromatic nitrogens is 2. The first kappa shape index (κ1) is 26.1. The van der Waals surface area contributed by atoms with E-state index in [9.17, 15) is 14.9 Å². The zero-order chi connectivity index (χ0) is 26.2. The van der Waals surface area contributed by atoms with Gasteiger partial charge in [0.2, 0.25) is 5.88 Å². The van der Waals surface area contributed by atoms with E-state index in [0.717, 1.165) is 23.4 Å². The number of methoxy groups -OCH3 is 1. The Hall–Kier alpha value is -3.96. The molecule has 0 aliphatic carbocycles. The molecule has 0 fully saturated rings. The van der Waals surface area contributed by atoms with Crippen molar-refractivity contribution >= 4 is 33.9 Å². The molecule has 0 aliphatic heterocycles. The minimum atomic E-state index is -0.308. The molecule has 4 aromatic rings. The smallest absolute Gasteiger partial charge is 0.233 e. The highest BCUT2D eigenvalue weighted by molar-refractivity contribution is 7.98. The summed E-state index contributed by atoms with van der Waals surface area (Å²) in [5, 5.41) is 35.2. The van der Waals surface area contributed by atoms with Gasteiger partial charge in [-0.1, -0.05) is 36.0 Å². The average molecular weight is 532 g/mol. The Labute approximate surface area is 222 Å². The number of hydrogen-bond acceptors (Lipinski definition) is 9. The molecule has 2 N–H and O–H groups in total. The summed E-state index contributed by atoms with van der Waals surface area (Å²) in [6.45, 7) is 0.115. The maximum absolute atomic E-state index is 13.1. The van der Waals surface area contributed by atoms with Gasteiger partial charge in [-0.2, -0.15) is 10.5 Å². The van der Waals surface area contributed by atoms with Gasteiger partial charge in [-0.15, -0.1) is 11.3 Å². The van der Waals surface area contributed by atoms with Gasteiger partial charge in [-0.3, -0.25) is 0 Å². The third-order valence-electron chi connectivity index (χ3n) is 5.42. The minimum Gasteiger partial charge on any atom is -0.480 e. The maximum atomic E-state index is 13.1. The fraction of sp³-hybridized carbons (Fsp3) is 0.185. The molecular formula is C27H22FN5O2S2. The molecule has 10 heteroatoms. The summed E-state index contributed by atoms with van der Waals surface area (Å²) in [7, 11) is 1.44. The molecule has 0 radical (unpaired) electrons. The van der Waals surface area contributed by atoms with Gasteiger partial charge in [-0.05, 0) is 48.2 Å². The SMILES string of the molecule is COc1nc(SCc2csc(Nc3ccc(F)cc3)n2)c(C#N)c(-c2ccc(CCCO)cc2)c1C#N. The third-order valence-corrected chi connectivity index (χ3v) is 7.23. The number of thiazole rings is 1. The summed E-state index contributed by atoms with van der Waals surface area (Å²) in [5.41, 5.74) is 4.25. The van der Waals surface area contributed by atoms with Crippen LogP contribution in [0.1, 0.15) is 28.8 Å². The van der Waals surface area contributed by atoms with Crippen LogP contribution in [-0.2, 0) is 12.2 Å². The van der Waals surface area contributed by atoms with Crippen LogP contribution in [0, 0.1) is 28.5 Å². The van der Waals surface area contributed by atoms with Gasteiger partial charge >= 0.3 is 0 Å². The van der Waals surface area contributed by atoms with Crippen molar-refractivity contribution in [1.29, 1.82) is 10.5 Å². The molecule has 2 heterocycles. The molecule has 0 unspecified atom stereocenters. The van der Waals surface area contributed by atoms with Crippen LogP contribution in [-0.4, -0.2) is 28.8 Å². The molecule has 0 aliphatic rings. The summed E-state index contributed by atoms with van der Waals surface area (Å²) in [4.78, 5) is 9.04. The lowest BCUT2D eigenvalue weighted by Gasteiger charge is -2.14. The molecule has 0 spiro atoms. The maximum Gasteiger partial charge on any atom is 0.233 e. The van der Waals surface area contributed by atoms with Crippen molar-refractivity contribution in [2.75, 3.05) is 19.0 Å². The number of benzene rings is 2. The number of thioether (sulfide) groups is 1. The number of anilines is 2. The molecular weight excluding hydrogens is 509 g/mol. The summed E-state index contributed by atoms with van der Waals surface area (Å²) < 4.78 is 18.6. The van der Waals surface area contributed by atoms with Crippen molar-refractivity contribution in [2.24, 2.45) is 0 Å². The normalized spacial score (nSPS) is 10.5. The van der Waals surface area contributed by atoms with Crippen molar-refractivity contribution in [3.05, 3.63) is 82.1 Å². The standard InChI is InChI=1S/C27H22FN5O2S2/c1-35-25-22(13-29)24(18-6-4-17(5-7-18)3-2-12-34)23(14-30)26(33-25)36-15-21-16-37-27(32-21)31-20-10-8-19(28)9-11-20/h4-11,16,34H,2-3,12,15H2,1H3,(H,31,32). The average Bonchev–Trinajstić information content (AvgIpc) is 3.38. The monoisotopic (exact) mass is 531 g/mol. The Balaban J connectivity index is 1.60. The van der Waals surface area contributed by atoms with Crippen LogP contribution >= 0.6 is 23.1 Å². The molecule has 4 rings (SSSR count). The highest BCUT2D eigenvalue weighted by Gasteiger charge is 2.22. The molecule has 7 nitrogen and oxygen atoms in total. The predicted molar refractivity (Wildman–Crippen MR) is 142 cm³/mol. The lowest BCUT2D eigenvalue weighted by molar-refractivity contribution is 0.288. The number of aliphatic hydroxyl groups is 1. The first-order valence-electron chi connectivity index (χ1n) is 11.3. The first-order chi connectivity index (χ1) is 18.1. The van der Waals surface area contributed by atoms with Crippen LogP contribution in [0.15, 0.2) is 58.9 Å². The molecule has 0 saturated carbocycles. The number of nitrogens with one attached hydrogen (secondary N) is 1. The van der Waals surface area contributed by atoms with Crippen LogP contribution in [0.2, 0.25) is 0 Å². The van der Waals surface area contributed by atoms with Crippen LogP contribution < -0.4 is 10.1 Å². The van der Waals surface area contributed by atoms with Crippen molar-refractivity contribution in [3.63, 3.8) is 0 Å². The Bertz CT molecular complexity index is 1460. The zero-order valence-corrected chi connectivity index (χ0v) is 21.5. The molecule has 0 saturated heterocycles. The zero-order valence-electron chi connectivity index (χ0n) is 19.9. The van der Waals surface area contributed by atoms with Gasteiger partial charge in [0.1, 0.15) is 28.5 Å². The number of halogens is 1. The lowest BCUT2D eigenvalue weighted by atomic mass is 9.95. The van der Waals surface area contributed by atoms with E-state index in [1.54, 1.807) is 12.1 Å². The fourth-order valence-corrected chi connectivity index (χ4v) is 5.35. The van der Waals surface area contributed by atoms with Gasteiger partial charge in [-0.25, -0.2) is 14.4 Å². The number of pyridine rings is 1. The summed E-state index contributed by atoms with van der Waals surface area (Å²) in [5.74, 6) is 0.287. The van der Waals surface area contributed by atoms with E-state index in [2.05, 4.69) is 27.4 Å². The van der Waals surface area contributed by atoms with Crippen LogP contribution in [0.5, 0.6) is 5.88 Å². The largest absolute Gasteiger partial charge is 0.480 e. The van der Waals surface area contributed by atoms with E-state index in [4.69, 9.17) is 9.84 Å². The van der Waals surface area contributed by atoms with Crippen molar-refractivity contribution in [1.82, 2.24) is 9.97 Å². The molecule has 0 bridgehead atoms. The van der Waals surface area contributed by atoms with Gasteiger partial charge in [0.25, 0.3) is 0 Å². The lowest BCUT2D eigenvalue weighted by Crippen LogP contribution is -2.02. The number of nitrogens with zero attached hydrogens (tertiary/aromatic N) is 4. The van der Waals surface area contributed by atoms with Crippen LogP contribution in [0.3, 0.4) is 0 Å². The second-order valence-electron chi connectivity index (χ2n) is 7.86. The van der Waals surface area contributed by atoms with E-state index < -0.39 is 0 Å². The molecule has 0 atom stereocenters. The first-order valence-corrected chi connectivity index (χ1v) is 13.1.